The molecule has 3 nitrogen and oxygen atoms in total. The highest BCUT2D eigenvalue weighted by molar-refractivity contribution is 9.10. The molecule has 1 atom stereocenters. The van der Waals surface area contributed by atoms with Gasteiger partial charge in [0.1, 0.15) is 0 Å². The fourth-order valence-electron chi connectivity index (χ4n) is 1.92. The summed E-state index contributed by atoms with van der Waals surface area (Å²) < 4.78 is 0.871. The molecule has 0 bridgehead atoms. The van der Waals surface area contributed by atoms with Crippen molar-refractivity contribution in [2.75, 3.05) is 11.1 Å². The molecule has 92 valence electrons. The zero-order valence-corrected chi connectivity index (χ0v) is 11.9. The molecule has 0 aliphatic heterocycles. The Bertz CT molecular complexity index is 483. The molecule has 1 saturated carbocycles. The average Bonchev–Trinajstić information content (AvgIpc) is 2.84. The van der Waals surface area contributed by atoms with Crippen LogP contribution in [-0.2, 0) is 4.79 Å². The molecule has 1 fully saturated rings. The van der Waals surface area contributed by atoms with Crippen molar-refractivity contribution < 1.29 is 4.79 Å². The second-order valence-electron chi connectivity index (χ2n) is 5.42. The fraction of sp³-hybridized carbons (Fsp3) is 0.462. The molecule has 4 heteroatoms. The van der Waals surface area contributed by atoms with Crippen molar-refractivity contribution in [2.45, 2.75) is 27.2 Å². The highest BCUT2D eigenvalue weighted by Crippen LogP contribution is 2.52. The number of carbonyl (C=O) groups is 1. The number of anilines is 2. The first-order chi connectivity index (χ1) is 7.81. The van der Waals surface area contributed by atoms with Gasteiger partial charge in [-0.25, -0.2) is 0 Å². The number of nitrogens with one attached hydrogen (secondary N) is 1. The molecule has 0 spiro atoms. The largest absolute Gasteiger partial charge is 0.398 e. The van der Waals surface area contributed by atoms with Gasteiger partial charge in [0, 0.05) is 16.1 Å². The van der Waals surface area contributed by atoms with Gasteiger partial charge >= 0.3 is 0 Å². The lowest BCUT2D eigenvalue weighted by molar-refractivity contribution is -0.118. The lowest BCUT2D eigenvalue weighted by atomic mass is 10.1. The number of benzene rings is 1. The molecular weight excluding hydrogens is 280 g/mol. The van der Waals surface area contributed by atoms with Gasteiger partial charge in [0.2, 0.25) is 5.91 Å². The summed E-state index contributed by atoms with van der Waals surface area (Å²) in [7, 11) is 0. The summed E-state index contributed by atoms with van der Waals surface area (Å²) >= 11 is 3.44. The predicted octanol–water partition coefficient (Wildman–Crippen LogP) is 3.32. The van der Waals surface area contributed by atoms with Crippen LogP contribution in [0.3, 0.4) is 0 Å². The third-order valence-electron chi connectivity index (χ3n) is 3.44. The summed E-state index contributed by atoms with van der Waals surface area (Å²) in [6.07, 6.45) is 0.956. The van der Waals surface area contributed by atoms with E-state index >= 15 is 0 Å². The Hall–Kier alpha value is -1.03. The number of amides is 1. The molecule has 1 aliphatic rings. The van der Waals surface area contributed by atoms with E-state index < -0.39 is 0 Å². The average molecular weight is 297 g/mol. The van der Waals surface area contributed by atoms with Gasteiger partial charge in [-0.1, -0.05) is 13.8 Å². The number of rotatable bonds is 2. The third-order valence-corrected chi connectivity index (χ3v) is 4.10. The molecule has 1 aliphatic carbocycles. The Kier molecular flexibility index (Phi) is 2.94. The number of hydrogen-bond donors (Lipinski definition) is 2. The maximum Gasteiger partial charge on any atom is 0.228 e. The molecule has 0 saturated heterocycles. The van der Waals surface area contributed by atoms with E-state index in [1.54, 1.807) is 6.07 Å². The number of aryl methyl sites for hydroxylation is 1. The summed E-state index contributed by atoms with van der Waals surface area (Å²) in [6.45, 7) is 6.15. The van der Waals surface area contributed by atoms with Crippen molar-refractivity contribution in [3.63, 3.8) is 0 Å². The van der Waals surface area contributed by atoms with Gasteiger partial charge in [0.15, 0.2) is 0 Å². The second-order valence-corrected chi connectivity index (χ2v) is 6.28. The normalized spacial score (nSPS) is 21.1. The van der Waals surface area contributed by atoms with E-state index in [9.17, 15) is 4.79 Å². The summed E-state index contributed by atoms with van der Waals surface area (Å²) in [5, 5.41) is 2.93. The highest BCUT2D eigenvalue weighted by atomic mass is 79.9. The fourth-order valence-corrected chi connectivity index (χ4v) is 2.48. The number of hydrogen-bond acceptors (Lipinski definition) is 2. The van der Waals surface area contributed by atoms with Gasteiger partial charge in [-0.05, 0) is 52.4 Å². The summed E-state index contributed by atoms with van der Waals surface area (Å²) in [5.74, 6) is 0.205. The first-order valence-electron chi connectivity index (χ1n) is 5.68. The summed E-state index contributed by atoms with van der Waals surface area (Å²) in [6, 6.07) is 3.72. The maximum absolute atomic E-state index is 12.0. The molecule has 1 unspecified atom stereocenters. The first kappa shape index (κ1) is 12.4. The predicted molar refractivity (Wildman–Crippen MR) is 73.8 cm³/mol. The van der Waals surface area contributed by atoms with E-state index in [2.05, 4.69) is 35.1 Å². The quantitative estimate of drug-likeness (QED) is 0.823. The Balaban J connectivity index is 2.14. The van der Waals surface area contributed by atoms with Crippen molar-refractivity contribution in [2.24, 2.45) is 11.3 Å². The number of carbonyl (C=O) groups excluding carboxylic acids is 1. The Labute approximate surface area is 110 Å². The number of nitrogen functional groups attached to an aromatic ring is 1. The zero-order chi connectivity index (χ0) is 12.8. The molecule has 0 radical (unpaired) electrons. The Morgan fingerprint density at radius 3 is 2.65 bits per heavy atom. The lowest BCUT2D eigenvalue weighted by Gasteiger charge is -2.11. The minimum Gasteiger partial charge on any atom is -0.398 e. The second kappa shape index (κ2) is 4.02. The molecule has 0 heterocycles. The van der Waals surface area contributed by atoms with E-state index in [4.69, 9.17) is 5.73 Å². The molecule has 17 heavy (non-hydrogen) atoms. The van der Waals surface area contributed by atoms with Crippen LogP contribution in [0.25, 0.3) is 0 Å². The molecule has 0 aromatic heterocycles. The van der Waals surface area contributed by atoms with Crippen LogP contribution in [0.15, 0.2) is 16.6 Å². The van der Waals surface area contributed by atoms with Gasteiger partial charge in [0.05, 0.1) is 5.69 Å². The number of nitrogens with two attached hydrogens (primary N) is 1. The van der Waals surface area contributed by atoms with Crippen LogP contribution in [0.5, 0.6) is 0 Å². The van der Waals surface area contributed by atoms with Crippen LogP contribution in [0.2, 0.25) is 0 Å². The van der Waals surface area contributed by atoms with Crippen LogP contribution < -0.4 is 11.1 Å². The van der Waals surface area contributed by atoms with Gasteiger partial charge < -0.3 is 11.1 Å². The van der Waals surface area contributed by atoms with Crippen molar-refractivity contribution in [3.05, 3.63) is 22.2 Å². The Morgan fingerprint density at radius 1 is 1.53 bits per heavy atom. The molecule has 1 aromatic carbocycles. The minimum absolute atomic E-state index is 0.0824. The van der Waals surface area contributed by atoms with Crippen molar-refractivity contribution in [1.82, 2.24) is 0 Å². The highest BCUT2D eigenvalue weighted by Gasteiger charge is 2.50. The Morgan fingerprint density at radius 2 is 2.12 bits per heavy atom. The zero-order valence-electron chi connectivity index (χ0n) is 10.3. The van der Waals surface area contributed by atoms with E-state index in [0.717, 1.165) is 22.1 Å². The van der Waals surface area contributed by atoms with E-state index in [1.807, 2.05) is 13.0 Å². The van der Waals surface area contributed by atoms with E-state index in [-0.39, 0.29) is 17.2 Å². The van der Waals surface area contributed by atoms with Crippen molar-refractivity contribution >= 4 is 33.2 Å². The molecule has 3 N–H and O–H groups in total. The maximum atomic E-state index is 12.0. The third kappa shape index (κ3) is 2.46. The van der Waals surface area contributed by atoms with Crippen LogP contribution in [0, 0.1) is 18.3 Å². The van der Waals surface area contributed by atoms with Crippen LogP contribution in [0.1, 0.15) is 25.8 Å². The van der Waals surface area contributed by atoms with Crippen molar-refractivity contribution in [3.8, 4) is 0 Å². The van der Waals surface area contributed by atoms with Gasteiger partial charge in [-0.3, -0.25) is 4.79 Å². The molecule has 2 rings (SSSR count). The summed E-state index contributed by atoms with van der Waals surface area (Å²) in [5.41, 5.74) is 8.43. The molecule has 1 amide bonds. The number of halogens is 1. The van der Waals surface area contributed by atoms with Crippen LogP contribution in [-0.4, -0.2) is 5.91 Å². The van der Waals surface area contributed by atoms with Crippen molar-refractivity contribution in [1.29, 1.82) is 0 Å². The standard InChI is InChI=1S/C13H17BrN2O/c1-7-4-9(14)11(5-10(7)15)16-12(17)8-6-13(8,2)3/h4-5,8H,6,15H2,1-3H3,(H,16,17). The lowest BCUT2D eigenvalue weighted by Crippen LogP contribution is -2.17. The summed E-state index contributed by atoms with van der Waals surface area (Å²) in [4.78, 5) is 12.0. The van der Waals surface area contributed by atoms with Crippen LogP contribution in [0.4, 0.5) is 11.4 Å². The van der Waals surface area contributed by atoms with E-state index in [1.165, 1.54) is 0 Å². The molecular formula is C13H17BrN2O. The molecule has 1 aromatic rings. The SMILES string of the molecule is Cc1cc(Br)c(NC(=O)C2CC2(C)C)cc1N. The van der Waals surface area contributed by atoms with Gasteiger partial charge in [-0.2, -0.15) is 0 Å². The van der Waals surface area contributed by atoms with Crippen LogP contribution >= 0.6 is 15.9 Å². The minimum atomic E-state index is 0.0824. The first-order valence-corrected chi connectivity index (χ1v) is 6.47. The topological polar surface area (TPSA) is 55.1 Å². The van der Waals surface area contributed by atoms with Gasteiger partial charge in [-0.15, -0.1) is 0 Å². The van der Waals surface area contributed by atoms with E-state index in [0.29, 0.717) is 5.69 Å². The van der Waals surface area contributed by atoms with Gasteiger partial charge in [0.25, 0.3) is 0 Å². The monoisotopic (exact) mass is 296 g/mol. The smallest absolute Gasteiger partial charge is 0.228 e.